The van der Waals surface area contributed by atoms with E-state index in [4.69, 9.17) is 0 Å². The molecule has 0 aromatic carbocycles. The Morgan fingerprint density at radius 2 is 1.92 bits per heavy atom. The molecule has 1 N–H and O–H groups in total. The molecule has 0 amide bonds. The Morgan fingerprint density at radius 1 is 1.15 bits per heavy atom. The molecule has 1 unspecified atom stereocenters. The zero-order valence-corrected chi connectivity index (χ0v) is 8.76. The summed E-state index contributed by atoms with van der Waals surface area (Å²) in [6, 6.07) is 0. The van der Waals surface area contributed by atoms with Crippen molar-refractivity contribution in [2.45, 2.75) is 25.7 Å². The lowest BCUT2D eigenvalue weighted by molar-refractivity contribution is 0.293. The maximum Gasteiger partial charge on any atom is 0.00192 e. The summed E-state index contributed by atoms with van der Waals surface area (Å²) in [5.74, 6) is 1.93. The zero-order valence-electron chi connectivity index (χ0n) is 8.76. The van der Waals surface area contributed by atoms with Gasteiger partial charge in [-0.3, -0.25) is 0 Å². The normalized spacial score (nSPS) is 30.7. The van der Waals surface area contributed by atoms with Gasteiger partial charge in [0.2, 0.25) is 0 Å². The van der Waals surface area contributed by atoms with Crippen LogP contribution in [0, 0.1) is 11.8 Å². The number of nitrogens with one attached hydrogen (secondary N) is 1. The fraction of sp³-hybridized carbons (Fsp3) is 1.00. The van der Waals surface area contributed by atoms with Gasteiger partial charge in [0.1, 0.15) is 0 Å². The average molecular weight is 182 g/mol. The van der Waals surface area contributed by atoms with E-state index in [9.17, 15) is 0 Å². The van der Waals surface area contributed by atoms with Crippen molar-refractivity contribution < 1.29 is 0 Å². The summed E-state index contributed by atoms with van der Waals surface area (Å²) in [4.78, 5) is 2.44. The van der Waals surface area contributed by atoms with Gasteiger partial charge in [0.25, 0.3) is 0 Å². The second-order valence-electron chi connectivity index (χ2n) is 4.87. The lowest BCUT2D eigenvalue weighted by Crippen LogP contribution is -2.31. The number of likely N-dealkylation sites (tertiary alicyclic amines) is 1. The minimum Gasteiger partial charge on any atom is -0.316 e. The standard InChI is InChI=1S/C11H22N2/c1-13-6-5-11(9-13)8-12-7-10-3-2-4-10/h10-12H,2-9H2,1H3. The van der Waals surface area contributed by atoms with Crippen LogP contribution in [0.25, 0.3) is 0 Å². The van der Waals surface area contributed by atoms with Crippen molar-refractivity contribution in [2.75, 3.05) is 33.2 Å². The fourth-order valence-corrected chi connectivity index (χ4v) is 2.38. The minimum atomic E-state index is 0.921. The van der Waals surface area contributed by atoms with Crippen LogP contribution >= 0.6 is 0 Å². The summed E-state index contributed by atoms with van der Waals surface area (Å²) in [5.41, 5.74) is 0. The quantitative estimate of drug-likeness (QED) is 0.705. The van der Waals surface area contributed by atoms with Crippen LogP contribution in [0.5, 0.6) is 0 Å². The van der Waals surface area contributed by atoms with Crippen LogP contribution in [0.2, 0.25) is 0 Å². The molecule has 1 saturated carbocycles. The molecular formula is C11H22N2. The van der Waals surface area contributed by atoms with Gasteiger partial charge in [-0.2, -0.15) is 0 Å². The highest BCUT2D eigenvalue weighted by atomic mass is 15.1. The van der Waals surface area contributed by atoms with Crippen LogP contribution in [0.1, 0.15) is 25.7 Å². The molecule has 0 spiro atoms. The Hall–Kier alpha value is -0.0800. The molecule has 0 bridgehead atoms. The molecule has 76 valence electrons. The van der Waals surface area contributed by atoms with Gasteiger partial charge in [0.15, 0.2) is 0 Å². The molecule has 1 aliphatic heterocycles. The summed E-state index contributed by atoms with van der Waals surface area (Å²) in [7, 11) is 2.23. The molecule has 2 rings (SSSR count). The van der Waals surface area contributed by atoms with E-state index in [0.717, 1.165) is 11.8 Å². The second-order valence-corrected chi connectivity index (χ2v) is 4.87. The molecule has 2 fully saturated rings. The molecule has 1 saturated heterocycles. The first-order valence-electron chi connectivity index (χ1n) is 5.74. The van der Waals surface area contributed by atoms with Crippen LogP contribution in [-0.4, -0.2) is 38.1 Å². The van der Waals surface area contributed by atoms with E-state index in [-0.39, 0.29) is 0 Å². The molecule has 2 aliphatic rings. The van der Waals surface area contributed by atoms with Crippen LogP contribution in [0.4, 0.5) is 0 Å². The number of hydrogen-bond donors (Lipinski definition) is 1. The summed E-state index contributed by atoms with van der Waals surface area (Å²) in [5, 5.41) is 3.62. The number of nitrogens with zero attached hydrogens (tertiary/aromatic N) is 1. The molecule has 1 atom stereocenters. The van der Waals surface area contributed by atoms with Crippen molar-refractivity contribution in [3.05, 3.63) is 0 Å². The van der Waals surface area contributed by atoms with E-state index in [1.807, 2.05) is 0 Å². The Kier molecular flexibility index (Phi) is 3.23. The van der Waals surface area contributed by atoms with Crippen LogP contribution in [0.15, 0.2) is 0 Å². The van der Waals surface area contributed by atoms with Gasteiger partial charge in [-0.05, 0) is 57.8 Å². The number of rotatable bonds is 4. The van der Waals surface area contributed by atoms with Crippen molar-refractivity contribution in [1.29, 1.82) is 0 Å². The summed E-state index contributed by atoms with van der Waals surface area (Å²) in [6.07, 6.45) is 5.81. The Bertz CT molecular complexity index is 154. The van der Waals surface area contributed by atoms with Crippen LogP contribution in [-0.2, 0) is 0 Å². The van der Waals surface area contributed by atoms with Crippen LogP contribution < -0.4 is 5.32 Å². The third-order valence-electron chi connectivity index (χ3n) is 3.58. The van der Waals surface area contributed by atoms with Crippen molar-refractivity contribution in [1.82, 2.24) is 10.2 Å². The van der Waals surface area contributed by atoms with Gasteiger partial charge in [-0.1, -0.05) is 6.42 Å². The Balaban J connectivity index is 1.52. The summed E-state index contributed by atoms with van der Waals surface area (Å²) in [6.45, 7) is 5.13. The molecule has 0 radical (unpaired) electrons. The predicted octanol–water partition coefficient (Wildman–Crippen LogP) is 1.33. The topological polar surface area (TPSA) is 15.3 Å². The van der Waals surface area contributed by atoms with Crippen molar-refractivity contribution in [2.24, 2.45) is 11.8 Å². The van der Waals surface area contributed by atoms with E-state index in [0.29, 0.717) is 0 Å². The van der Waals surface area contributed by atoms with Gasteiger partial charge in [0.05, 0.1) is 0 Å². The monoisotopic (exact) mass is 182 g/mol. The lowest BCUT2D eigenvalue weighted by Gasteiger charge is -2.26. The van der Waals surface area contributed by atoms with E-state index in [1.165, 1.54) is 51.9 Å². The smallest absolute Gasteiger partial charge is 0.00192 e. The molecule has 2 nitrogen and oxygen atoms in total. The maximum absolute atomic E-state index is 3.62. The first kappa shape index (κ1) is 9.47. The van der Waals surface area contributed by atoms with Crippen molar-refractivity contribution >= 4 is 0 Å². The maximum atomic E-state index is 3.62. The van der Waals surface area contributed by atoms with Crippen molar-refractivity contribution in [3.63, 3.8) is 0 Å². The zero-order chi connectivity index (χ0) is 9.10. The van der Waals surface area contributed by atoms with Gasteiger partial charge >= 0.3 is 0 Å². The van der Waals surface area contributed by atoms with Gasteiger partial charge in [0, 0.05) is 6.54 Å². The van der Waals surface area contributed by atoms with Gasteiger partial charge < -0.3 is 10.2 Å². The molecule has 0 aromatic rings. The third kappa shape index (κ3) is 2.68. The summed E-state index contributed by atoms with van der Waals surface area (Å²) >= 11 is 0. The largest absolute Gasteiger partial charge is 0.316 e. The molecule has 0 aromatic heterocycles. The van der Waals surface area contributed by atoms with Gasteiger partial charge in [-0.15, -0.1) is 0 Å². The van der Waals surface area contributed by atoms with Gasteiger partial charge in [-0.25, -0.2) is 0 Å². The Morgan fingerprint density at radius 3 is 2.46 bits per heavy atom. The Labute approximate surface area is 81.7 Å². The molecule has 13 heavy (non-hydrogen) atoms. The highest BCUT2D eigenvalue weighted by molar-refractivity contribution is 4.77. The summed E-state index contributed by atoms with van der Waals surface area (Å²) < 4.78 is 0. The van der Waals surface area contributed by atoms with E-state index >= 15 is 0 Å². The lowest BCUT2D eigenvalue weighted by atomic mass is 9.85. The molecular weight excluding hydrogens is 160 g/mol. The minimum absolute atomic E-state index is 0.921. The highest BCUT2D eigenvalue weighted by Gasteiger charge is 2.20. The highest BCUT2D eigenvalue weighted by Crippen LogP contribution is 2.25. The molecule has 2 heteroatoms. The molecule has 1 heterocycles. The average Bonchev–Trinajstić information content (AvgIpc) is 2.42. The number of hydrogen-bond acceptors (Lipinski definition) is 2. The van der Waals surface area contributed by atoms with E-state index < -0.39 is 0 Å². The van der Waals surface area contributed by atoms with E-state index in [1.54, 1.807) is 0 Å². The first-order valence-corrected chi connectivity index (χ1v) is 5.74. The third-order valence-corrected chi connectivity index (χ3v) is 3.58. The van der Waals surface area contributed by atoms with Crippen LogP contribution in [0.3, 0.4) is 0 Å². The second kappa shape index (κ2) is 4.43. The van der Waals surface area contributed by atoms with Crippen molar-refractivity contribution in [3.8, 4) is 0 Å². The SMILES string of the molecule is CN1CCC(CNCC2CCC2)C1. The fourth-order valence-electron chi connectivity index (χ4n) is 2.38. The first-order chi connectivity index (χ1) is 6.34. The molecule has 1 aliphatic carbocycles. The van der Waals surface area contributed by atoms with E-state index in [2.05, 4.69) is 17.3 Å². The predicted molar refractivity (Wildman–Crippen MR) is 55.8 cm³/mol.